The molecule has 1 rings (SSSR count). The van der Waals surface area contributed by atoms with Crippen LogP contribution in [-0.4, -0.2) is 33.9 Å². The Balaban J connectivity index is 2.78. The van der Waals surface area contributed by atoms with Crippen LogP contribution in [0.25, 0.3) is 0 Å². The number of ether oxygens (including phenoxy) is 1. The third-order valence-electron chi connectivity index (χ3n) is 2.61. The maximum absolute atomic E-state index is 5.19. The minimum Gasteiger partial charge on any atom is -0.383 e. The van der Waals surface area contributed by atoms with Gasteiger partial charge in [0.25, 0.3) is 0 Å². The lowest BCUT2D eigenvalue weighted by Gasteiger charge is -2.22. The molecule has 0 saturated heterocycles. The van der Waals surface area contributed by atoms with E-state index in [9.17, 15) is 0 Å². The average Bonchev–Trinajstić information content (AvgIpc) is 2.29. The van der Waals surface area contributed by atoms with Gasteiger partial charge in [0.1, 0.15) is 0 Å². The summed E-state index contributed by atoms with van der Waals surface area (Å²) in [6.45, 7) is 2.90. The molecule has 3 nitrogen and oxygen atoms in total. The second-order valence-corrected chi connectivity index (χ2v) is 4.12. The molecule has 1 aromatic carbocycles. The zero-order valence-electron chi connectivity index (χ0n) is 10.7. The number of methoxy groups -OCH3 is 1. The third-order valence-corrected chi connectivity index (χ3v) is 2.61. The molecule has 1 N–H and O–H groups in total. The Morgan fingerprint density at radius 3 is 2.56 bits per heavy atom. The fraction of sp³-hybridized carbons (Fsp3) is 0.538. The minimum atomic E-state index is 0.367. The number of nitrogens with one attached hydrogen (secondary N) is 1. The largest absolute Gasteiger partial charge is 0.383 e. The minimum absolute atomic E-state index is 0.367. The van der Waals surface area contributed by atoms with Gasteiger partial charge in [0.2, 0.25) is 0 Å². The highest BCUT2D eigenvalue weighted by Crippen LogP contribution is 2.24. The molecule has 16 heavy (non-hydrogen) atoms. The van der Waals surface area contributed by atoms with Crippen molar-refractivity contribution in [2.24, 2.45) is 0 Å². The Morgan fingerprint density at radius 1 is 1.31 bits per heavy atom. The van der Waals surface area contributed by atoms with Crippen LogP contribution in [0.4, 0.5) is 11.4 Å². The number of hydrogen-bond acceptors (Lipinski definition) is 3. The monoisotopic (exact) mass is 222 g/mol. The Morgan fingerprint density at radius 2 is 2.00 bits per heavy atom. The smallest absolute Gasteiger partial charge is 0.0663 e. The summed E-state index contributed by atoms with van der Waals surface area (Å²) in [6, 6.07) is 8.69. The lowest BCUT2D eigenvalue weighted by Crippen LogP contribution is -2.25. The van der Waals surface area contributed by atoms with E-state index in [4.69, 9.17) is 4.74 Å². The van der Waals surface area contributed by atoms with E-state index >= 15 is 0 Å². The molecular weight excluding hydrogens is 200 g/mol. The van der Waals surface area contributed by atoms with Crippen LogP contribution in [0.5, 0.6) is 0 Å². The highest BCUT2D eigenvalue weighted by Gasteiger charge is 2.09. The van der Waals surface area contributed by atoms with Gasteiger partial charge in [0.15, 0.2) is 0 Å². The summed E-state index contributed by atoms with van der Waals surface area (Å²) >= 11 is 0. The summed E-state index contributed by atoms with van der Waals surface area (Å²) < 4.78 is 5.19. The molecule has 1 aromatic rings. The molecule has 1 unspecified atom stereocenters. The molecule has 0 bridgehead atoms. The van der Waals surface area contributed by atoms with Gasteiger partial charge < -0.3 is 15.0 Å². The number of anilines is 2. The van der Waals surface area contributed by atoms with Gasteiger partial charge in [-0.3, -0.25) is 0 Å². The van der Waals surface area contributed by atoms with Crippen molar-refractivity contribution in [2.75, 3.05) is 38.0 Å². The number of hydrogen-bond donors (Lipinski definition) is 1. The van der Waals surface area contributed by atoms with E-state index in [1.165, 1.54) is 5.69 Å². The van der Waals surface area contributed by atoms with E-state index in [1.807, 2.05) is 0 Å². The van der Waals surface area contributed by atoms with Crippen LogP contribution in [0.15, 0.2) is 24.3 Å². The lowest BCUT2D eigenvalue weighted by atomic mass is 10.2. The summed E-state index contributed by atoms with van der Waals surface area (Å²) in [7, 11) is 5.85. The number of para-hydroxylation sites is 2. The first-order valence-corrected chi connectivity index (χ1v) is 5.70. The van der Waals surface area contributed by atoms with Gasteiger partial charge >= 0.3 is 0 Å². The molecule has 90 valence electrons. The lowest BCUT2D eigenvalue weighted by molar-refractivity contribution is 0.184. The summed E-state index contributed by atoms with van der Waals surface area (Å²) in [5, 5.41) is 3.51. The van der Waals surface area contributed by atoms with Crippen molar-refractivity contribution in [3.05, 3.63) is 24.3 Å². The fourth-order valence-corrected chi connectivity index (χ4v) is 1.67. The third kappa shape index (κ3) is 3.42. The van der Waals surface area contributed by atoms with Crippen LogP contribution in [0.3, 0.4) is 0 Å². The first kappa shape index (κ1) is 12.8. The molecule has 0 aromatic heterocycles. The summed E-state index contributed by atoms with van der Waals surface area (Å²) in [6.07, 6.45) is 1.05. The van der Waals surface area contributed by atoms with E-state index in [1.54, 1.807) is 7.11 Å². The molecular formula is C13H22N2O. The molecule has 0 spiro atoms. The van der Waals surface area contributed by atoms with E-state index in [0.29, 0.717) is 6.04 Å². The quantitative estimate of drug-likeness (QED) is 0.800. The van der Waals surface area contributed by atoms with Crippen LogP contribution in [0.1, 0.15) is 13.3 Å². The zero-order valence-corrected chi connectivity index (χ0v) is 10.7. The van der Waals surface area contributed by atoms with Crippen molar-refractivity contribution in [3.63, 3.8) is 0 Å². The zero-order chi connectivity index (χ0) is 12.0. The second-order valence-electron chi connectivity index (χ2n) is 4.12. The van der Waals surface area contributed by atoms with Gasteiger partial charge in [-0.05, 0) is 18.6 Å². The molecule has 0 aliphatic heterocycles. The van der Waals surface area contributed by atoms with E-state index in [2.05, 4.69) is 55.5 Å². The molecule has 0 fully saturated rings. The van der Waals surface area contributed by atoms with Gasteiger partial charge in [0.05, 0.1) is 18.0 Å². The first-order valence-electron chi connectivity index (χ1n) is 5.70. The first-order chi connectivity index (χ1) is 7.69. The standard InChI is InChI=1S/C13H22N2O/c1-5-11(10-16-4)14-12-8-6-7-9-13(12)15(2)3/h6-9,11,14H,5,10H2,1-4H3. The molecule has 0 aliphatic rings. The topological polar surface area (TPSA) is 24.5 Å². The summed E-state index contributed by atoms with van der Waals surface area (Å²) in [5.41, 5.74) is 2.37. The van der Waals surface area contributed by atoms with Gasteiger partial charge in [-0.2, -0.15) is 0 Å². The average molecular weight is 222 g/mol. The van der Waals surface area contributed by atoms with Crippen molar-refractivity contribution >= 4 is 11.4 Å². The Bertz CT molecular complexity index is 313. The van der Waals surface area contributed by atoms with E-state index < -0.39 is 0 Å². The maximum atomic E-state index is 5.19. The molecule has 0 radical (unpaired) electrons. The van der Waals surface area contributed by atoms with Crippen molar-refractivity contribution in [1.82, 2.24) is 0 Å². The highest BCUT2D eigenvalue weighted by atomic mass is 16.5. The van der Waals surface area contributed by atoms with E-state index in [0.717, 1.165) is 18.7 Å². The molecule has 3 heteroatoms. The molecule has 1 atom stereocenters. The van der Waals surface area contributed by atoms with Crippen LogP contribution < -0.4 is 10.2 Å². The van der Waals surface area contributed by atoms with Crippen molar-refractivity contribution in [1.29, 1.82) is 0 Å². The number of nitrogens with zero attached hydrogens (tertiary/aromatic N) is 1. The van der Waals surface area contributed by atoms with Crippen LogP contribution >= 0.6 is 0 Å². The van der Waals surface area contributed by atoms with Gasteiger partial charge in [0, 0.05) is 27.2 Å². The second kappa shape index (κ2) is 6.38. The number of benzene rings is 1. The van der Waals surface area contributed by atoms with Crippen molar-refractivity contribution in [3.8, 4) is 0 Å². The fourth-order valence-electron chi connectivity index (χ4n) is 1.67. The van der Waals surface area contributed by atoms with Gasteiger partial charge in [-0.1, -0.05) is 19.1 Å². The highest BCUT2D eigenvalue weighted by molar-refractivity contribution is 5.69. The Hall–Kier alpha value is -1.22. The van der Waals surface area contributed by atoms with Crippen molar-refractivity contribution in [2.45, 2.75) is 19.4 Å². The summed E-state index contributed by atoms with van der Waals surface area (Å²) in [4.78, 5) is 2.11. The normalized spacial score (nSPS) is 12.2. The molecule has 0 amide bonds. The Kier molecular flexibility index (Phi) is 5.12. The van der Waals surface area contributed by atoms with E-state index in [-0.39, 0.29) is 0 Å². The van der Waals surface area contributed by atoms with Gasteiger partial charge in [-0.25, -0.2) is 0 Å². The maximum Gasteiger partial charge on any atom is 0.0663 e. The predicted molar refractivity (Wildman–Crippen MR) is 70.3 cm³/mol. The van der Waals surface area contributed by atoms with Crippen LogP contribution in [0.2, 0.25) is 0 Å². The van der Waals surface area contributed by atoms with Crippen LogP contribution in [0, 0.1) is 0 Å². The molecule has 0 saturated carbocycles. The Labute approximate surface area is 98.4 Å². The number of rotatable bonds is 6. The van der Waals surface area contributed by atoms with Crippen LogP contribution in [-0.2, 0) is 4.74 Å². The predicted octanol–water partition coefficient (Wildman–Crippen LogP) is 2.59. The molecule has 0 heterocycles. The SMILES string of the molecule is CCC(COC)Nc1ccccc1N(C)C. The van der Waals surface area contributed by atoms with Gasteiger partial charge in [-0.15, -0.1) is 0 Å². The summed E-state index contributed by atoms with van der Waals surface area (Å²) in [5.74, 6) is 0. The van der Waals surface area contributed by atoms with Crippen molar-refractivity contribution < 1.29 is 4.74 Å². The molecule has 0 aliphatic carbocycles.